The van der Waals surface area contributed by atoms with E-state index in [0.717, 1.165) is 16.0 Å². The number of hydrogen-bond donors (Lipinski definition) is 1. The summed E-state index contributed by atoms with van der Waals surface area (Å²) in [7, 11) is 0. The number of urea groups is 1. The van der Waals surface area contributed by atoms with Crippen molar-refractivity contribution in [3.8, 4) is 17.2 Å². The van der Waals surface area contributed by atoms with Crippen LogP contribution in [0.4, 0.5) is 10.5 Å². The second-order valence-electron chi connectivity index (χ2n) is 9.55. The summed E-state index contributed by atoms with van der Waals surface area (Å²) in [5.74, 6) is -0.481. The van der Waals surface area contributed by atoms with Gasteiger partial charge < -0.3 is 14.2 Å². The minimum Gasteiger partial charge on any atom is -0.490 e. The maximum Gasteiger partial charge on any atom is 0.335 e. The molecule has 0 unspecified atom stereocenters. The van der Waals surface area contributed by atoms with Gasteiger partial charge in [-0.15, -0.1) is 0 Å². The van der Waals surface area contributed by atoms with Gasteiger partial charge in [0.2, 0.25) is 0 Å². The zero-order chi connectivity index (χ0) is 31.2. The van der Waals surface area contributed by atoms with Gasteiger partial charge in [0, 0.05) is 10.0 Å². The Balaban J connectivity index is 1.35. The molecule has 4 aromatic carbocycles. The van der Waals surface area contributed by atoms with Crippen molar-refractivity contribution >= 4 is 64.4 Å². The number of nitrogens with one attached hydrogen (secondary N) is 1. The second kappa shape index (κ2) is 13.9. The van der Waals surface area contributed by atoms with Gasteiger partial charge >= 0.3 is 6.03 Å². The zero-order valence-corrected chi connectivity index (χ0v) is 25.6. The average molecular weight is 652 g/mol. The number of amides is 4. The lowest BCUT2D eigenvalue weighted by molar-refractivity contribution is -0.122. The number of anilines is 1. The van der Waals surface area contributed by atoms with Gasteiger partial charge in [-0.1, -0.05) is 59.1 Å². The molecule has 224 valence electrons. The zero-order valence-electron chi connectivity index (χ0n) is 23.3. The molecule has 0 aliphatic carbocycles. The minimum absolute atomic E-state index is 0.209. The van der Waals surface area contributed by atoms with E-state index in [4.69, 9.17) is 49.0 Å². The van der Waals surface area contributed by atoms with Crippen molar-refractivity contribution in [2.24, 2.45) is 0 Å². The molecular formula is C33H25Cl3N2O6. The Bertz CT molecular complexity index is 1720. The van der Waals surface area contributed by atoms with Crippen molar-refractivity contribution in [1.29, 1.82) is 0 Å². The highest BCUT2D eigenvalue weighted by Crippen LogP contribution is 2.38. The van der Waals surface area contributed by atoms with E-state index in [-0.39, 0.29) is 22.9 Å². The van der Waals surface area contributed by atoms with Crippen molar-refractivity contribution in [2.75, 3.05) is 11.5 Å². The first-order valence-electron chi connectivity index (χ1n) is 13.4. The Hall–Kier alpha value is -4.50. The Morgan fingerprint density at radius 2 is 1.34 bits per heavy atom. The number of imide groups is 2. The first kappa shape index (κ1) is 30.9. The monoisotopic (exact) mass is 650 g/mol. The molecule has 4 aromatic rings. The van der Waals surface area contributed by atoms with Crippen LogP contribution in [-0.2, 0) is 22.8 Å². The molecule has 0 radical (unpaired) electrons. The van der Waals surface area contributed by atoms with Crippen molar-refractivity contribution in [1.82, 2.24) is 5.32 Å². The average Bonchev–Trinajstić information content (AvgIpc) is 3.00. The van der Waals surface area contributed by atoms with Gasteiger partial charge in [0.25, 0.3) is 11.8 Å². The van der Waals surface area contributed by atoms with E-state index in [1.165, 1.54) is 6.08 Å². The van der Waals surface area contributed by atoms with E-state index in [2.05, 4.69) is 5.32 Å². The Labute approximate surface area is 268 Å². The predicted molar refractivity (Wildman–Crippen MR) is 170 cm³/mol. The summed E-state index contributed by atoms with van der Waals surface area (Å²) < 4.78 is 17.5. The topological polar surface area (TPSA) is 94.2 Å². The highest BCUT2D eigenvalue weighted by atomic mass is 35.5. The molecule has 1 saturated heterocycles. The summed E-state index contributed by atoms with van der Waals surface area (Å²) in [6, 6.07) is 23.1. The summed E-state index contributed by atoms with van der Waals surface area (Å²) in [5, 5.41) is 3.67. The number of benzene rings is 4. The molecule has 1 N–H and O–H groups in total. The number of hydrogen-bond acceptors (Lipinski definition) is 6. The van der Waals surface area contributed by atoms with Gasteiger partial charge in [-0.05, 0) is 90.4 Å². The third-order valence-corrected chi connectivity index (χ3v) is 7.24. The van der Waals surface area contributed by atoms with Gasteiger partial charge in [0.15, 0.2) is 11.5 Å². The molecule has 44 heavy (non-hydrogen) atoms. The fourth-order valence-electron chi connectivity index (χ4n) is 4.31. The van der Waals surface area contributed by atoms with E-state index in [1.54, 1.807) is 67.6 Å². The molecule has 0 saturated carbocycles. The number of carbonyl (C=O) groups is 3. The van der Waals surface area contributed by atoms with Crippen LogP contribution in [0.2, 0.25) is 15.1 Å². The molecule has 0 bridgehead atoms. The second-order valence-corrected chi connectivity index (χ2v) is 10.8. The molecule has 1 aliphatic heterocycles. The summed E-state index contributed by atoms with van der Waals surface area (Å²) in [6.07, 6.45) is 1.35. The van der Waals surface area contributed by atoms with E-state index < -0.39 is 17.8 Å². The fourth-order valence-corrected chi connectivity index (χ4v) is 4.83. The van der Waals surface area contributed by atoms with Crippen molar-refractivity contribution < 1.29 is 28.6 Å². The van der Waals surface area contributed by atoms with Gasteiger partial charge in [-0.25, -0.2) is 9.69 Å². The molecule has 1 fully saturated rings. The molecule has 4 amide bonds. The minimum atomic E-state index is -0.869. The number of barbiturate groups is 1. The molecule has 5 rings (SSSR count). The van der Waals surface area contributed by atoms with E-state index >= 15 is 0 Å². The fraction of sp³-hybridized carbons (Fsp3) is 0.121. The van der Waals surface area contributed by atoms with Crippen molar-refractivity contribution in [3.63, 3.8) is 0 Å². The molecule has 0 spiro atoms. The van der Waals surface area contributed by atoms with Crippen LogP contribution in [0, 0.1) is 0 Å². The molecule has 0 aromatic heterocycles. The van der Waals surface area contributed by atoms with Crippen LogP contribution in [0.1, 0.15) is 23.6 Å². The molecule has 1 heterocycles. The Kier molecular flexibility index (Phi) is 9.75. The highest BCUT2D eigenvalue weighted by Gasteiger charge is 2.37. The molecule has 8 nitrogen and oxygen atoms in total. The molecule has 11 heteroatoms. The van der Waals surface area contributed by atoms with Crippen LogP contribution in [0.15, 0.2) is 90.5 Å². The first-order valence-corrected chi connectivity index (χ1v) is 14.6. The summed E-state index contributed by atoms with van der Waals surface area (Å²) >= 11 is 18.5. The highest BCUT2D eigenvalue weighted by molar-refractivity contribution is 6.39. The lowest BCUT2D eigenvalue weighted by Gasteiger charge is -2.26. The summed E-state index contributed by atoms with van der Waals surface area (Å²) in [4.78, 5) is 39.8. The quantitative estimate of drug-likeness (QED) is 0.139. The van der Waals surface area contributed by atoms with Crippen LogP contribution < -0.4 is 24.4 Å². The van der Waals surface area contributed by atoms with Crippen LogP contribution >= 0.6 is 34.8 Å². The lowest BCUT2D eigenvalue weighted by atomic mass is 10.1. The standard InChI is InChI=1S/C33H25Cl3N2O6/c1-2-42-29-17-22(16-28(36)30(29)44-19-21-5-9-24(35)10-6-21)15-27-31(39)37-33(41)38(32(27)40)25-11-13-26(14-12-25)43-18-20-3-7-23(34)8-4-20/h3-17H,2,18-19H2,1H3,(H,37,39,41)/b27-15+. The Morgan fingerprint density at radius 3 is 1.93 bits per heavy atom. The summed E-state index contributed by atoms with van der Waals surface area (Å²) in [5.41, 5.74) is 2.18. The lowest BCUT2D eigenvalue weighted by Crippen LogP contribution is -2.54. The smallest absolute Gasteiger partial charge is 0.335 e. The molecular weight excluding hydrogens is 627 g/mol. The normalized spacial score (nSPS) is 14.0. The van der Waals surface area contributed by atoms with Gasteiger partial charge in [-0.2, -0.15) is 0 Å². The number of carbonyl (C=O) groups excluding carboxylic acids is 3. The van der Waals surface area contributed by atoms with Crippen LogP contribution in [-0.4, -0.2) is 24.5 Å². The van der Waals surface area contributed by atoms with Gasteiger partial charge in [0.1, 0.15) is 24.5 Å². The van der Waals surface area contributed by atoms with Gasteiger partial charge in [-0.3, -0.25) is 14.9 Å². The maximum absolute atomic E-state index is 13.5. The van der Waals surface area contributed by atoms with Crippen molar-refractivity contribution in [2.45, 2.75) is 20.1 Å². The van der Waals surface area contributed by atoms with E-state index in [1.807, 2.05) is 24.3 Å². The summed E-state index contributed by atoms with van der Waals surface area (Å²) in [6.45, 7) is 2.63. The van der Waals surface area contributed by atoms with E-state index in [9.17, 15) is 14.4 Å². The number of nitrogens with zero attached hydrogens (tertiary/aromatic N) is 1. The number of ether oxygens (including phenoxy) is 3. The predicted octanol–water partition coefficient (Wildman–Crippen LogP) is 7.87. The molecule has 1 aliphatic rings. The number of halogens is 3. The van der Waals surface area contributed by atoms with Crippen LogP contribution in [0.3, 0.4) is 0 Å². The SMILES string of the molecule is CCOc1cc(/C=C2\C(=O)NC(=O)N(c3ccc(OCc4ccc(Cl)cc4)cc3)C2=O)cc(Cl)c1OCc1ccc(Cl)cc1. The van der Waals surface area contributed by atoms with Gasteiger partial charge in [0.05, 0.1) is 17.3 Å². The largest absolute Gasteiger partial charge is 0.490 e. The third kappa shape index (κ3) is 7.34. The maximum atomic E-state index is 13.5. The van der Waals surface area contributed by atoms with Crippen LogP contribution in [0.25, 0.3) is 6.08 Å². The van der Waals surface area contributed by atoms with Crippen LogP contribution in [0.5, 0.6) is 17.2 Å². The van der Waals surface area contributed by atoms with Crippen molar-refractivity contribution in [3.05, 3.63) is 122 Å². The number of rotatable bonds is 10. The third-order valence-electron chi connectivity index (χ3n) is 6.45. The molecule has 0 atom stereocenters. The van der Waals surface area contributed by atoms with E-state index in [0.29, 0.717) is 46.1 Å². The Morgan fingerprint density at radius 1 is 0.750 bits per heavy atom. The first-order chi connectivity index (χ1) is 21.2.